The number of hydrogen-bond donors (Lipinski definition) is 1. The SMILES string of the molecule is COc1cc(CNC(=O)C2CCCN(Cc3nc(-c4ccc(Br)cc4)no3)C2)ccc1OC(C)C. The molecule has 1 amide bonds. The van der Waals surface area contributed by atoms with E-state index in [9.17, 15) is 4.79 Å². The maximum atomic E-state index is 12.9. The Balaban J connectivity index is 1.30. The zero-order chi connectivity index (χ0) is 24.8. The molecule has 4 rings (SSSR count). The monoisotopic (exact) mass is 542 g/mol. The van der Waals surface area contributed by atoms with Crippen molar-refractivity contribution >= 4 is 21.8 Å². The van der Waals surface area contributed by atoms with E-state index < -0.39 is 0 Å². The van der Waals surface area contributed by atoms with Gasteiger partial charge in [0.1, 0.15) is 0 Å². The number of amides is 1. The molecule has 0 spiro atoms. The summed E-state index contributed by atoms with van der Waals surface area (Å²) in [6.07, 6.45) is 1.87. The van der Waals surface area contributed by atoms with Crippen LogP contribution < -0.4 is 14.8 Å². The van der Waals surface area contributed by atoms with Crippen molar-refractivity contribution in [2.75, 3.05) is 20.2 Å². The van der Waals surface area contributed by atoms with E-state index in [1.54, 1.807) is 7.11 Å². The molecule has 35 heavy (non-hydrogen) atoms. The Labute approximate surface area is 214 Å². The number of benzene rings is 2. The van der Waals surface area contributed by atoms with Gasteiger partial charge in [-0.25, -0.2) is 0 Å². The summed E-state index contributed by atoms with van der Waals surface area (Å²) in [5.74, 6) is 2.46. The van der Waals surface area contributed by atoms with Crippen LogP contribution in [-0.4, -0.2) is 47.3 Å². The van der Waals surface area contributed by atoms with Gasteiger partial charge >= 0.3 is 0 Å². The second-order valence-corrected chi connectivity index (χ2v) is 9.88. The summed E-state index contributed by atoms with van der Waals surface area (Å²) < 4.78 is 17.7. The van der Waals surface area contributed by atoms with Crippen molar-refractivity contribution in [1.29, 1.82) is 0 Å². The number of ether oxygens (including phenoxy) is 2. The second-order valence-electron chi connectivity index (χ2n) is 8.96. The molecule has 186 valence electrons. The number of nitrogens with one attached hydrogen (secondary N) is 1. The van der Waals surface area contributed by atoms with E-state index in [4.69, 9.17) is 14.0 Å². The van der Waals surface area contributed by atoms with Gasteiger partial charge in [-0.05, 0) is 75.2 Å². The average molecular weight is 543 g/mol. The zero-order valence-corrected chi connectivity index (χ0v) is 21.9. The van der Waals surface area contributed by atoms with Gasteiger partial charge in [-0.2, -0.15) is 4.98 Å². The maximum Gasteiger partial charge on any atom is 0.241 e. The number of halogens is 1. The first kappa shape index (κ1) is 25.2. The molecule has 1 aliphatic heterocycles. The largest absolute Gasteiger partial charge is 0.493 e. The molecule has 1 aromatic heterocycles. The summed E-state index contributed by atoms with van der Waals surface area (Å²) in [6, 6.07) is 13.5. The number of rotatable bonds is 9. The Kier molecular flexibility index (Phi) is 8.41. The minimum atomic E-state index is -0.0805. The predicted octanol–water partition coefficient (Wildman–Crippen LogP) is 4.82. The number of likely N-dealkylation sites (tertiary alicyclic amines) is 1. The van der Waals surface area contributed by atoms with Gasteiger partial charge in [0.15, 0.2) is 11.5 Å². The molecule has 1 N–H and O–H groups in total. The predicted molar refractivity (Wildman–Crippen MR) is 136 cm³/mol. The van der Waals surface area contributed by atoms with E-state index in [-0.39, 0.29) is 17.9 Å². The third kappa shape index (κ3) is 6.82. The van der Waals surface area contributed by atoms with Gasteiger partial charge < -0.3 is 19.3 Å². The Morgan fingerprint density at radius 1 is 1.23 bits per heavy atom. The van der Waals surface area contributed by atoms with Crippen LogP contribution >= 0.6 is 15.9 Å². The van der Waals surface area contributed by atoms with Gasteiger partial charge in [-0.1, -0.05) is 27.2 Å². The van der Waals surface area contributed by atoms with Gasteiger partial charge in [0.2, 0.25) is 17.6 Å². The highest BCUT2D eigenvalue weighted by molar-refractivity contribution is 9.10. The highest BCUT2D eigenvalue weighted by atomic mass is 79.9. The van der Waals surface area contributed by atoms with Crippen LogP contribution in [-0.2, 0) is 17.9 Å². The molecule has 1 atom stereocenters. The highest BCUT2D eigenvalue weighted by Gasteiger charge is 2.27. The van der Waals surface area contributed by atoms with Crippen LogP contribution in [0, 0.1) is 5.92 Å². The first-order valence-corrected chi connectivity index (χ1v) is 12.6. The van der Waals surface area contributed by atoms with E-state index in [0.717, 1.165) is 35.0 Å². The Morgan fingerprint density at radius 3 is 2.77 bits per heavy atom. The second kappa shape index (κ2) is 11.7. The van der Waals surface area contributed by atoms with E-state index in [2.05, 4.69) is 36.3 Å². The van der Waals surface area contributed by atoms with Crippen molar-refractivity contribution in [3.63, 3.8) is 0 Å². The van der Waals surface area contributed by atoms with Gasteiger partial charge in [0.05, 0.1) is 25.7 Å². The fourth-order valence-corrected chi connectivity index (χ4v) is 4.41. The third-order valence-corrected chi connectivity index (χ3v) is 6.39. The molecule has 1 fully saturated rings. The molecule has 2 aromatic carbocycles. The quantitative estimate of drug-likeness (QED) is 0.414. The number of piperidine rings is 1. The number of nitrogens with zero attached hydrogens (tertiary/aromatic N) is 3. The molecule has 0 saturated carbocycles. The summed E-state index contributed by atoms with van der Waals surface area (Å²) in [5.41, 5.74) is 1.87. The number of hydrogen-bond acceptors (Lipinski definition) is 7. The van der Waals surface area contributed by atoms with Crippen molar-refractivity contribution in [2.24, 2.45) is 5.92 Å². The van der Waals surface area contributed by atoms with Crippen molar-refractivity contribution in [2.45, 2.75) is 45.9 Å². The first-order chi connectivity index (χ1) is 16.9. The number of methoxy groups -OCH3 is 1. The Hall–Kier alpha value is -2.91. The van der Waals surface area contributed by atoms with Gasteiger partial charge in [0, 0.05) is 23.1 Å². The van der Waals surface area contributed by atoms with Crippen molar-refractivity contribution < 1.29 is 18.8 Å². The smallest absolute Gasteiger partial charge is 0.241 e. The molecule has 1 unspecified atom stereocenters. The average Bonchev–Trinajstić information content (AvgIpc) is 3.31. The molecule has 0 bridgehead atoms. The van der Waals surface area contributed by atoms with Crippen LogP contribution in [0.1, 0.15) is 38.1 Å². The maximum absolute atomic E-state index is 12.9. The minimum absolute atomic E-state index is 0.0530. The Bertz CT molecular complexity index is 1130. The molecule has 8 nitrogen and oxygen atoms in total. The third-order valence-electron chi connectivity index (χ3n) is 5.86. The van der Waals surface area contributed by atoms with Crippen LogP contribution in [0.5, 0.6) is 11.5 Å². The zero-order valence-electron chi connectivity index (χ0n) is 20.3. The molecular formula is C26H31BrN4O4. The highest BCUT2D eigenvalue weighted by Crippen LogP contribution is 2.29. The van der Waals surface area contributed by atoms with Gasteiger partial charge in [0.25, 0.3) is 0 Å². The van der Waals surface area contributed by atoms with E-state index in [1.807, 2.05) is 56.3 Å². The standard InChI is InChI=1S/C26H31BrN4O4/c1-17(2)34-22-11-6-18(13-23(22)33-3)14-28-26(32)20-5-4-12-31(15-20)16-24-29-25(30-35-24)19-7-9-21(27)10-8-19/h6-11,13,17,20H,4-5,12,14-16H2,1-3H3,(H,28,32). The van der Waals surface area contributed by atoms with Crippen molar-refractivity contribution in [1.82, 2.24) is 20.4 Å². The molecular weight excluding hydrogens is 512 g/mol. The molecule has 0 aliphatic carbocycles. The van der Waals surface area contributed by atoms with Crippen LogP contribution in [0.2, 0.25) is 0 Å². The van der Waals surface area contributed by atoms with Crippen LogP contribution in [0.3, 0.4) is 0 Å². The normalized spacial score (nSPS) is 16.3. The van der Waals surface area contributed by atoms with Crippen LogP contribution in [0.4, 0.5) is 0 Å². The molecule has 9 heteroatoms. The summed E-state index contributed by atoms with van der Waals surface area (Å²) in [7, 11) is 1.62. The molecule has 1 aliphatic rings. The van der Waals surface area contributed by atoms with Crippen molar-refractivity contribution in [3.05, 3.63) is 58.4 Å². The summed E-state index contributed by atoms with van der Waals surface area (Å²) in [4.78, 5) is 19.6. The fourth-order valence-electron chi connectivity index (χ4n) is 4.15. The van der Waals surface area contributed by atoms with E-state index in [0.29, 0.717) is 42.8 Å². The molecule has 2 heterocycles. The lowest BCUT2D eigenvalue weighted by Crippen LogP contribution is -2.42. The van der Waals surface area contributed by atoms with Gasteiger partial charge in [-0.3, -0.25) is 9.69 Å². The van der Waals surface area contributed by atoms with Gasteiger partial charge in [-0.15, -0.1) is 0 Å². The van der Waals surface area contributed by atoms with Crippen LogP contribution in [0.15, 0.2) is 51.5 Å². The lowest BCUT2D eigenvalue weighted by Gasteiger charge is -2.30. The molecule has 3 aromatic rings. The number of carbonyl (C=O) groups is 1. The van der Waals surface area contributed by atoms with Crippen molar-refractivity contribution in [3.8, 4) is 22.9 Å². The molecule has 1 saturated heterocycles. The molecule has 0 radical (unpaired) electrons. The summed E-state index contributed by atoms with van der Waals surface area (Å²) >= 11 is 3.43. The minimum Gasteiger partial charge on any atom is -0.493 e. The van der Waals surface area contributed by atoms with Crippen LogP contribution in [0.25, 0.3) is 11.4 Å². The topological polar surface area (TPSA) is 89.7 Å². The fraction of sp³-hybridized carbons (Fsp3) is 0.423. The number of aromatic nitrogens is 2. The number of carbonyl (C=O) groups excluding carboxylic acids is 1. The van der Waals surface area contributed by atoms with E-state index in [1.165, 1.54) is 0 Å². The Morgan fingerprint density at radius 2 is 2.03 bits per heavy atom. The first-order valence-electron chi connectivity index (χ1n) is 11.8. The van der Waals surface area contributed by atoms with E-state index >= 15 is 0 Å². The summed E-state index contributed by atoms with van der Waals surface area (Å²) in [5, 5.41) is 7.19. The lowest BCUT2D eigenvalue weighted by molar-refractivity contribution is -0.127. The summed E-state index contributed by atoms with van der Waals surface area (Å²) in [6.45, 7) is 6.47. The lowest BCUT2D eigenvalue weighted by atomic mass is 9.97.